The highest BCUT2D eigenvalue weighted by atomic mass is 35.5. The van der Waals surface area contributed by atoms with Crippen molar-refractivity contribution in [3.05, 3.63) is 39.4 Å². The Bertz CT molecular complexity index is 481. The number of rotatable bonds is 2. The van der Waals surface area contributed by atoms with Crippen LogP contribution in [0.15, 0.2) is 24.3 Å². The molecule has 15 heavy (non-hydrogen) atoms. The summed E-state index contributed by atoms with van der Waals surface area (Å²) in [6.45, 7) is 2.01. The number of hydrogen-bond acceptors (Lipinski definition) is 2. The summed E-state index contributed by atoms with van der Waals surface area (Å²) in [6, 6.07) is 6.62. The molecule has 0 aliphatic heterocycles. The lowest BCUT2D eigenvalue weighted by molar-refractivity contribution is 0.630. The molecule has 0 aliphatic carbocycles. The third-order valence-corrected chi connectivity index (χ3v) is 3.43. The molecule has 78 valence electrons. The standard InChI is InChI=1S/C11H9ClFNS/c1-2-9-10(14-11(12)15-9)7-5-3-4-6-8(7)13/h3-6H,2H2,1H3. The molecule has 0 spiro atoms. The Morgan fingerprint density at radius 3 is 2.80 bits per heavy atom. The Balaban J connectivity index is 2.58. The highest BCUT2D eigenvalue weighted by molar-refractivity contribution is 7.16. The van der Waals surface area contributed by atoms with Crippen LogP contribution in [0.4, 0.5) is 4.39 Å². The molecule has 1 aromatic carbocycles. The first-order valence-corrected chi connectivity index (χ1v) is 5.82. The first-order chi connectivity index (χ1) is 7.22. The minimum atomic E-state index is -0.255. The topological polar surface area (TPSA) is 12.9 Å². The lowest BCUT2D eigenvalue weighted by atomic mass is 10.1. The first-order valence-electron chi connectivity index (χ1n) is 4.62. The minimum Gasteiger partial charge on any atom is -0.225 e. The highest BCUT2D eigenvalue weighted by Gasteiger charge is 2.13. The van der Waals surface area contributed by atoms with Crippen molar-refractivity contribution in [3.8, 4) is 11.3 Å². The summed E-state index contributed by atoms with van der Waals surface area (Å²) in [5.74, 6) is -0.255. The van der Waals surface area contributed by atoms with Crippen molar-refractivity contribution in [2.24, 2.45) is 0 Å². The van der Waals surface area contributed by atoms with Gasteiger partial charge in [0.15, 0.2) is 4.47 Å². The van der Waals surface area contributed by atoms with Crippen molar-refractivity contribution in [1.29, 1.82) is 0 Å². The second-order valence-corrected chi connectivity index (χ2v) is 4.74. The van der Waals surface area contributed by atoms with Crippen molar-refractivity contribution in [2.45, 2.75) is 13.3 Å². The van der Waals surface area contributed by atoms with Crippen LogP contribution in [-0.2, 0) is 6.42 Å². The van der Waals surface area contributed by atoms with Gasteiger partial charge in [0.1, 0.15) is 5.82 Å². The zero-order valence-electron chi connectivity index (χ0n) is 8.13. The zero-order chi connectivity index (χ0) is 10.8. The molecule has 0 radical (unpaired) electrons. The molecule has 2 aromatic rings. The molecule has 0 N–H and O–H groups in total. The van der Waals surface area contributed by atoms with Gasteiger partial charge in [-0.2, -0.15) is 0 Å². The molecule has 0 amide bonds. The normalized spacial score (nSPS) is 10.6. The highest BCUT2D eigenvalue weighted by Crippen LogP contribution is 2.32. The molecule has 0 saturated carbocycles. The number of benzene rings is 1. The van der Waals surface area contributed by atoms with Crippen LogP contribution in [0.5, 0.6) is 0 Å². The zero-order valence-corrected chi connectivity index (χ0v) is 9.70. The van der Waals surface area contributed by atoms with Crippen molar-refractivity contribution < 1.29 is 4.39 Å². The summed E-state index contributed by atoms with van der Waals surface area (Å²) in [5, 5.41) is 0. The fraction of sp³-hybridized carbons (Fsp3) is 0.182. The van der Waals surface area contributed by atoms with Gasteiger partial charge in [0.2, 0.25) is 0 Å². The molecule has 1 aromatic heterocycles. The van der Waals surface area contributed by atoms with Gasteiger partial charge in [-0.3, -0.25) is 0 Å². The fourth-order valence-corrected chi connectivity index (χ4v) is 2.53. The van der Waals surface area contributed by atoms with E-state index >= 15 is 0 Å². The first kappa shape index (κ1) is 10.6. The number of thiazole rings is 1. The molecule has 1 nitrogen and oxygen atoms in total. The van der Waals surface area contributed by atoms with E-state index in [1.807, 2.05) is 6.92 Å². The van der Waals surface area contributed by atoms with Gasteiger partial charge < -0.3 is 0 Å². The van der Waals surface area contributed by atoms with Crippen LogP contribution in [0, 0.1) is 5.82 Å². The summed E-state index contributed by atoms with van der Waals surface area (Å²) in [4.78, 5) is 5.18. The second-order valence-electron chi connectivity index (χ2n) is 3.07. The fourth-order valence-electron chi connectivity index (χ4n) is 1.43. The van der Waals surface area contributed by atoms with Gasteiger partial charge in [-0.25, -0.2) is 9.37 Å². The largest absolute Gasteiger partial charge is 0.225 e. The van der Waals surface area contributed by atoms with Gasteiger partial charge in [-0.15, -0.1) is 11.3 Å². The molecule has 0 aliphatic rings. The Hall–Kier alpha value is -0.930. The van der Waals surface area contributed by atoms with Crippen LogP contribution >= 0.6 is 22.9 Å². The van der Waals surface area contributed by atoms with Crippen molar-refractivity contribution >= 4 is 22.9 Å². The van der Waals surface area contributed by atoms with Gasteiger partial charge in [-0.1, -0.05) is 30.7 Å². The molecule has 1 heterocycles. The van der Waals surface area contributed by atoms with E-state index < -0.39 is 0 Å². The van der Waals surface area contributed by atoms with Crippen LogP contribution in [0.1, 0.15) is 11.8 Å². The third-order valence-electron chi connectivity index (χ3n) is 2.12. The summed E-state index contributed by atoms with van der Waals surface area (Å²) < 4.78 is 14.0. The number of hydrogen-bond donors (Lipinski definition) is 0. The van der Waals surface area contributed by atoms with Gasteiger partial charge in [0.05, 0.1) is 5.69 Å². The summed E-state index contributed by atoms with van der Waals surface area (Å²) in [5.41, 5.74) is 1.20. The quantitative estimate of drug-likeness (QED) is 0.769. The third kappa shape index (κ3) is 2.03. The van der Waals surface area contributed by atoms with Crippen molar-refractivity contribution in [2.75, 3.05) is 0 Å². The Morgan fingerprint density at radius 1 is 1.40 bits per heavy atom. The number of halogens is 2. The maximum Gasteiger partial charge on any atom is 0.184 e. The minimum absolute atomic E-state index is 0.255. The van der Waals surface area contributed by atoms with Gasteiger partial charge in [-0.05, 0) is 18.6 Å². The predicted octanol–water partition coefficient (Wildman–Crippen LogP) is 4.17. The van der Waals surface area contributed by atoms with Crippen LogP contribution in [-0.4, -0.2) is 4.98 Å². The number of aryl methyl sites for hydroxylation is 1. The predicted molar refractivity (Wildman–Crippen MR) is 61.9 cm³/mol. The van der Waals surface area contributed by atoms with Gasteiger partial charge >= 0.3 is 0 Å². The Kier molecular flexibility index (Phi) is 3.03. The molecule has 4 heteroatoms. The molecule has 0 unspecified atom stereocenters. The summed E-state index contributed by atoms with van der Waals surface area (Å²) >= 11 is 7.24. The van der Waals surface area contributed by atoms with Crippen LogP contribution < -0.4 is 0 Å². The van der Waals surface area contributed by atoms with Crippen molar-refractivity contribution in [1.82, 2.24) is 4.98 Å². The smallest absolute Gasteiger partial charge is 0.184 e. The van der Waals surface area contributed by atoms with Crippen LogP contribution in [0.3, 0.4) is 0 Å². The van der Waals surface area contributed by atoms with E-state index in [0.717, 1.165) is 11.3 Å². The Morgan fingerprint density at radius 2 is 2.13 bits per heavy atom. The van der Waals surface area contributed by atoms with E-state index in [2.05, 4.69) is 4.98 Å². The maximum absolute atomic E-state index is 13.5. The van der Waals surface area contributed by atoms with E-state index in [4.69, 9.17) is 11.6 Å². The van der Waals surface area contributed by atoms with Crippen LogP contribution in [0.2, 0.25) is 4.47 Å². The number of aromatic nitrogens is 1. The van der Waals surface area contributed by atoms with Crippen molar-refractivity contribution in [3.63, 3.8) is 0 Å². The second kappa shape index (κ2) is 4.29. The number of nitrogens with zero attached hydrogens (tertiary/aromatic N) is 1. The lowest BCUT2D eigenvalue weighted by Crippen LogP contribution is -1.87. The molecule has 0 fully saturated rings. The molecule has 0 atom stereocenters. The SMILES string of the molecule is CCc1sc(Cl)nc1-c1ccccc1F. The molecule has 2 rings (SSSR count). The van der Waals surface area contributed by atoms with E-state index in [9.17, 15) is 4.39 Å². The maximum atomic E-state index is 13.5. The van der Waals surface area contributed by atoms with E-state index in [1.165, 1.54) is 17.4 Å². The van der Waals surface area contributed by atoms with E-state index in [1.54, 1.807) is 18.2 Å². The summed E-state index contributed by atoms with van der Waals surface area (Å²) in [6.07, 6.45) is 0.814. The summed E-state index contributed by atoms with van der Waals surface area (Å²) in [7, 11) is 0. The average Bonchev–Trinajstić information content (AvgIpc) is 2.60. The molecular formula is C11H9ClFNS. The van der Waals surface area contributed by atoms with Crippen LogP contribution in [0.25, 0.3) is 11.3 Å². The molecular weight excluding hydrogens is 233 g/mol. The average molecular weight is 242 g/mol. The monoisotopic (exact) mass is 241 g/mol. The Labute approximate surface area is 96.5 Å². The van der Waals surface area contributed by atoms with Gasteiger partial charge in [0.25, 0.3) is 0 Å². The van der Waals surface area contributed by atoms with Gasteiger partial charge in [0, 0.05) is 10.4 Å². The molecule has 0 saturated heterocycles. The molecule has 0 bridgehead atoms. The lowest BCUT2D eigenvalue weighted by Gasteiger charge is -2.00. The van der Waals surface area contributed by atoms with E-state index in [0.29, 0.717) is 15.7 Å². The van der Waals surface area contributed by atoms with E-state index in [-0.39, 0.29) is 5.82 Å².